The van der Waals surface area contributed by atoms with E-state index in [-0.39, 0.29) is 13.2 Å². The predicted molar refractivity (Wildman–Crippen MR) is 54.2 cm³/mol. The van der Waals surface area contributed by atoms with Gasteiger partial charge in [-0.3, -0.25) is 0 Å². The van der Waals surface area contributed by atoms with Crippen molar-refractivity contribution in [1.82, 2.24) is 5.32 Å². The second kappa shape index (κ2) is 6.47. The lowest BCUT2D eigenvalue weighted by Crippen LogP contribution is -2.21. The summed E-state index contributed by atoms with van der Waals surface area (Å²) >= 11 is 0. The molecule has 84 valence electrons. The lowest BCUT2D eigenvalue weighted by molar-refractivity contribution is 0.155. The van der Waals surface area contributed by atoms with Crippen LogP contribution in [-0.2, 0) is 9.47 Å². The summed E-state index contributed by atoms with van der Waals surface area (Å²) in [5.74, 6) is 0. The van der Waals surface area contributed by atoms with Crippen LogP contribution in [0.2, 0.25) is 0 Å². The number of ether oxygens (including phenoxy) is 2. The van der Waals surface area contributed by atoms with Gasteiger partial charge in [-0.1, -0.05) is 13.2 Å². The topological polar surface area (TPSA) is 90.7 Å². The van der Waals surface area contributed by atoms with Crippen LogP contribution >= 0.6 is 0 Å². The highest BCUT2D eigenvalue weighted by atomic mass is 16.6. The summed E-state index contributed by atoms with van der Waals surface area (Å²) in [4.78, 5) is 21.0. The van der Waals surface area contributed by atoms with Gasteiger partial charge >= 0.3 is 12.2 Å². The molecule has 0 rings (SSSR count). The van der Waals surface area contributed by atoms with Crippen LogP contribution in [0.1, 0.15) is 0 Å². The maximum Gasteiger partial charge on any atom is 0.407 e. The molecule has 3 N–H and O–H groups in total. The number of rotatable bonds is 5. The first-order valence-corrected chi connectivity index (χ1v) is 4.10. The maximum absolute atomic E-state index is 10.7. The normalized spacial score (nSPS) is 8.87. The number of nitrogens with two attached hydrogens (primary N) is 1. The van der Waals surface area contributed by atoms with Gasteiger partial charge in [0.2, 0.25) is 0 Å². The van der Waals surface area contributed by atoms with E-state index in [0.717, 1.165) is 0 Å². The molecule has 0 aliphatic carbocycles. The van der Waals surface area contributed by atoms with Gasteiger partial charge in [0, 0.05) is 7.05 Å². The molecule has 0 bridgehead atoms. The van der Waals surface area contributed by atoms with Gasteiger partial charge in [-0.2, -0.15) is 0 Å². The summed E-state index contributed by atoms with van der Waals surface area (Å²) in [6, 6.07) is 0. The number of nitrogens with one attached hydrogen (secondary N) is 1. The molecule has 0 aromatic heterocycles. The molecule has 0 aromatic carbocycles. The van der Waals surface area contributed by atoms with Gasteiger partial charge in [0.15, 0.2) is 0 Å². The molecule has 0 aliphatic heterocycles. The first-order chi connectivity index (χ1) is 6.97. The lowest BCUT2D eigenvalue weighted by atomic mass is 10.1. The molecule has 0 radical (unpaired) electrons. The van der Waals surface area contributed by atoms with E-state index in [1.54, 1.807) is 0 Å². The van der Waals surface area contributed by atoms with Gasteiger partial charge in [-0.25, -0.2) is 9.59 Å². The van der Waals surface area contributed by atoms with Crippen molar-refractivity contribution in [3.8, 4) is 0 Å². The van der Waals surface area contributed by atoms with Crippen LogP contribution in [0.5, 0.6) is 0 Å². The highest BCUT2D eigenvalue weighted by Crippen LogP contribution is 2.06. The molecule has 0 spiro atoms. The summed E-state index contributed by atoms with van der Waals surface area (Å²) < 4.78 is 9.18. The van der Waals surface area contributed by atoms with E-state index in [4.69, 9.17) is 10.5 Å². The van der Waals surface area contributed by atoms with Crippen LogP contribution in [0.3, 0.4) is 0 Å². The number of amides is 2. The largest absolute Gasteiger partial charge is 0.445 e. The quantitative estimate of drug-likeness (QED) is 0.654. The lowest BCUT2D eigenvalue weighted by Gasteiger charge is -2.09. The van der Waals surface area contributed by atoms with Crippen LogP contribution in [-0.4, -0.2) is 32.4 Å². The number of alkyl carbamates (subject to hydrolysis) is 1. The van der Waals surface area contributed by atoms with E-state index in [9.17, 15) is 9.59 Å². The molecule has 0 saturated heterocycles. The average molecular weight is 214 g/mol. The average Bonchev–Trinajstić information content (AvgIpc) is 2.21. The molecule has 0 aliphatic rings. The van der Waals surface area contributed by atoms with Gasteiger partial charge in [-0.15, -0.1) is 0 Å². The van der Waals surface area contributed by atoms with Crippen molar-refractivity contribution in [2.45, 2.75) is 0 Å². The third-order valence-corrected chi connectivity index (χ3v) is 1.47. The summed E-state index contributed by atoms with van der Waals surface area (Å²) in [5.41, 5.74) is 5.66. The summed E-state index contributed by atoms with van der Waals surface area (Å²) in [5, 5.41) is 2.27. The number of carbonyl (C=O) groups is 2. The van der Waals surface area contributed by atoms with E-state index in [2.05, 4.69) is 23.2 Å². The van der Waals surface area contributed by atoms with E-state index in [0.29, 0.717) is 11.1 Å². The Bertz CT molecular complexity index is 286. The highest BCUT2D eigenvalue weighted by Gasteiger charge is 2.05. The summed E-state index contributed by atoms with van der Waals surface area (Å²) in [6.45, 7) is 7.11. The second-order valence-corrected chi connectivity index (χ2v) is 2.64. The fraction of sp³-hybridized carbons (Fsp3) is 0.333. The van der Waals surface area contributed by atoms with Gasteiger partial charge in [0.1, 0.15) is 13.2 Å². The van der Waals surface area contributed by atoms with Crippen molar-refractivity contribution >= 4 is 12.2 Å². The van der Waals surface area contributed by atoms with Crippen molar-refractivity contribution in [3.05, 3.63) is 24.3 Å². The Morgan fingerprint density at radius 2 is 1.67 bits per heavy atom. The summed E-state index contributed by atoms with van der Waals surface area (Å²) in [6.07, 6.45) is -1.46. The Morgan fingerprint density at radius 1 is 1.20 bits per heavy atom. The number of hydrogen-bond acceptors (Lipinski definition) is 4. The zero-order chi connectivity index (χ0) is 11.8. The maximum atomic E-state index is 10.7. The smallest absolute Gasteiger partial charge is 0.407 e. The van der Waals surface area contributed by atoms with Gasteiger partial charge < -0.3 is 20.5 Å². The molecule has 0 aromatic rings. The Hall–Kier alpha value is -1.98. The standard InChI is InChI=1S/C9H14N2O4/c1-6(4-14-8(10)12)7(2)5-15-9(13)11-3/h1-2,4-5H2,3H3,(H2,10,12)(H,11,13). The van der Waals surface area contributed by atoms with Crippen LogP contribution in [0.4, 0.5) is 9.59 Å². The third-order valence-electron chi connectivity index (χ3n) is 1.47. The Balaban J connectivity index is 3.84. The fourth-order valence-electron chi connectivity index (χ4n) is 0.587. The monoisotopic (exact) mass is 214 g/mol. The minimum atomic E-state index is -0.892. The molecule has 0 atom stereocenters. The van der Waals surface area contributed by atoms with Crippen molar-refractivity contribution < 1.29 is 19.1 Å². The predicted octanol–water partition coefficient (Wildman–Crippen LogP) is 0.550. The molecule has 0 fully saturated rings. The number of primary amides is 1. The van der Waals surface area contributed by atoms with Crippen LogP contribution in [0, 0.1) is 0 Å². The van der Waals surface area contributed by atoms with E-state index < -0.39 is 12.2 Å². The Labute approximate surface area is 87.7 Å². The molecule has 0 heterocycles. The zero-order valence-corrected chi connectivity index (χ0v) is 8.54. The van der Waals surface area contributed by atoms with Crippen molar-refractivity contribution in [2.75, 3.05) is 20.3 Å². The Morgan fingerprint density at radius 3 is 2.07 bits per heavy atom. The van der Waals surface area contributed by atoms with Gasteiger partial charge in [0.05, 0.1) is 0 Å². The molecule has 6 nitrogen and oxygen atoms in total. The Kier molecular flexibility index (Phi) is 5.62. The highest BCUT2D eigenvalue weighted by molar-refractivity contribution is 5.67. The SMILES string of the molecule is C=C(COC(N)=O)C(=C)COC(=O)NC. The first kappa shape index (κ1) is 13.0. The zero-order valence-electron chi connectivity index (χ0n) is 8.54. The molecule has 0 saturated carbocycles. The second-order valence-electron chi connectivity index (χ2n) is 2.64. The van der Waals surface area contributed by atoms with Crippen LogP contribution in [0.25, 0.3) is 0 Å². The van der Waals surface area contributed by atoms with E-state index >= 15 is 0 Å². The van der Waals surface area contributed by atoms with Crippen LogP contribution < -0.4 is 11.1 Å². The third kappa shape index (κ3) is 6.14. The van der Waals surface area contributed by atoms with Gasteiger partial charge in [0.25, 0.3) is 0 Å². The summed E-state index contributed by atoms with van der Waals surface area (Å²) in [7, 11) is 1.44. The molecule has 2 amide bonds. The molecule has 6 heteroatoms. The van der Waals surface area contributed by atoms with Crippen molar-refractivity contribution in [2.24, 2.45) is 5.73 Å². The molecular formula is C9H14N2O4. The minimum absolute atomic E-state index is 0.0133. The van der Waals surface area contributed by atoms with Crippen LogP contribution in [0.15, 0.2) is 24.3 Å². The van der Waals surface area contributed by atoms with Crippen molar-refractivity contribution in [3.63, 3.8) is 0 Å². The van der Waals surface area contributed by atoms with E-state index in [1.165, 1.54) is 7.05 Å². The molecular weight excluding hydrogens is 200 g/mol. The first-order valence-electron chi connectivity index (χ1n) is 4.10. The van der Waals surface area contributed by atoms with E-state index in [1.807, 2.05) is 0 Å². The number of carbonyl (C=O) groups excluding carboxylic acids is 2. The molecule has 0 unspecified atom stereocenters. The van der Waals surface area contributed by atoms with Gasteiger partial charge in [-0.05, 0) is 11.1 Å². The number of hydrogen-bond donors (Lipinski definition) is 2. The minimum Gasteiger partial charge on any atom is -0.445 e. The van der Waals surface area contributed by atoms with Crippen molar-refractivity contribution in [1.29, 1.82) is 0 Å². The molecule has 15 heavy (non-hydrogen) atoms. The fourth-order valence-corrected chi connectivity index (χ4v) is 0.587.